The normalized spacial score (nSPS) is 16.3. The van der Waals surface area contributed by atoms with Gasteiger partial charge in [-0.1, -0.05) is 24.3 Å². The Morgan fingerprint density at radius 1 is 1.14 bits per heavy atom. The molecule has 0 bridgehead atoms. The summed E-state index contributed by atoms with van der Waals surface area (Å²) in [6.07, 6.45) is 4.36. The first-order valence-corrected chi connectivity index (χ1v) is 13.6. The molecule has 1 unspecified atom stereocenters. The highest BCUT2D eigenvalue weighted by atomic mass is 35.5. The summed E-state index contributed by atoms with van der Waals surface area (Å²) in [4.78, 5) is 24.3. The van der Waals surface area contributed by atoms with Gasteiger partial charge in [-0.2, -0.15) is 5.10 Å². The van der Waals surface area contributed by atoms with Gasteiger partial charge in [0.15, 0.2) is 5.65 Å². The number of benzene rings is 2. The van der Waals surface area contributed by atoms with E-state index in [9.17, 15) is 14.3 Å². The first-order valence-electron chi connectivity index (χ1n) is 13.6. The Bertz CT molecular complexity index is 1900. The van der Waals surface area contributed by atoms with E-state index in [2.05, 4.69) is 26.3 Å². The van der Waals surface area contributed by atoms with Crippen LogP contribution in [0.3, 0.4) is 0 Å². The maximum atomic E-state index is 14.3. The molecule has 4 N–H and O–H groups in total. The van der Waals surface area contributed by atoms with Crippen molar-refractivity contribution in [1.29, 1.82) is 0 Å². The van der Waals surface area contributed by atoms with E-state index in [1.54, 1.807) is 10.7 Å². The lowest BCUT2D eigenvalue weighted by Crippen LogP contribution is -2.57. The summed E-state index contributed by atoms with van der Waals surface area (Å²) >= 11 is 0. The topological polar surface area (TPSA) is 135 Å². The summed E-state index contributed by atoms with van der Waals surface area (Å²) in [6.45, 7) is 5.59. The van der Waals surface area contributed by atoms with Crippen LogP contribution in [0.2, 0.25) is 0 Å². The minimum absolute atomic E-state index is 0. The first-order chi connectivity index (χ1) is 19.9. The third-order valence-corrected chi connectivity index (χ3v) is 8.12. The SMILES string of the molecule is CC(c1oc(=O)c2ccccc2c1C1=CCN(C2CNC2)CC1)n1nc(-c2cc(O)cc(F)c2)c2c(N)ncnc21.Cl.Cl. The molecule has 3 aromatic heterocycles. The van der Waals surface area contributed by atoms with Gasteiger partial charge in [-0.25, -0.2) is 23.8 Å². The van der Waals surface area contributed by atoms with Crippen LogP contribution in [0.15, 0.2) is 64.1 Å². The second-order valence-corrected chi connectivity index (χ2v) is 10.6. The van der Waals surface area contributed by atoms with Crippen LogP contribution in [0, 0.1) is 5.82 Å². The predicted octanol–water partition coefficient (Wildman–Crippen LogP) is 4.54. The number of nitrogens with zero attached hydrogens (tertiary/aromatic N) is 5. The van der Waals surface area contributed by atoms with Gasteiger partial charge in [-0.3, -0.25) is 4.90 Å². The Balaban J connectivity index is 0.00000184. The van der Waals surface area contributed by atoms with Gasteiger partial charge in [-0.05, 0) is 42.5 Å². The number of phenols is 1. The van der Waals surface area contributed by atoms with Crippen LogP contribution in [0.5, 0.6) is 5.75 Å². The number of nitrogens with two attached hydrogens (primary N) is 1. The third kappa shape index (κ3) is 5.22. The van der Waals surface area contributed by atoms with Crippen molar-refractivity contribution < 1.29 is 13.9 Å². The zero-order chi connectivity index (χ0) is 28.2. The molecule has 5 aromatic rings. The monoisotopic (exact) mass is 625 g/mol. The van der Waals surface area contributed by atoms with Gasteiger partial charge >= 0.3 is 5.63 Å². The number of fused-ring (bicyclic) bond motifs is 2. The minimum Gasteiger partial charge on any atom is -0.508 e. The van der Waals surface area contributed by atoms with Gasteiger partial charge in [0.25, 0.3) is 0 Å². The lowest BCUT2D eigenvalue weighted by molar-refractivity contribution is 0.160. The number of aromatic hydroxyl groups is 1. The van der Waals surface area contributed by atoms with Gasteiger partial charge in [-0.15, -0.1) is 24.8 Å². The lowest BCUT2D eigenvalue weighted by Gasteiger charge is -2.40. The molecule has 2 aromatic carbocycles. The van der Waals surface area contributed by atoms with E-state index in [4.69, 9.17) is 15.2 Å². The van der Waals surface area contributed by atoms with Crippen LogP contribution in [0.4, 0.5) is 10.2 Å². The Morgan fingerprint density at radius 2 is 1.91 bits per heavy atom. The Morgan fingerprint density at radius 3 is 2.58 bits per heavy atom. The maximum Gasteiger partial charge on any atom is 0.343 e. The molecule has 0 amide bonds. The first kappa shape index (κ1) is 30.4. The lowest BCUT2D eigenvalue weighted by atomic mass is 9.91. The molecular formula is C30H30Cl2FN7O3. The van der Waals surface area contributed by atoms with E-state index in [-0.39, 0.29) is 36.4 Å². The second-order valence-electron chi connectivity index (χ2n) is 10.6. The number of phenolic OH excluding ortho intramolecular Hbond substituents is 1. The molecular weight excluding hydrogens is 596 g/mol. The van der Waals surface area contributed by atoms with Gasteiger partial charge in [0.2, 0.25) is 0 Å². The van der Waals surface area contributed by atoms with Crippen LogP contribution in [-0.4, -0.2) is 62.0 Å². The van der Waals surface area contributed by atoms with Crippen molar-refractivity contribution in [2.75, 3.05) is 31.9 Å². The molecule has 1 fully saturated rings. The van der Waals surface area contributed by atoms with Gasteiger partial charge < -0.3 is 20.6 Å². The molecule has 2 aliphatic heterocycles. The fraction of sp³-hybridized carbons (Fsp3) is 0.267. The molecule has 0 saturated carbocycles. The summed E-state index contributed by atoms with van der Waals surface area (Å²) in [6, 6.07) is 11.1. The fourth-order valence-corrected chi connectivity index (χ4v) is 5.91. The fourth-order valence-electron chi connectivity index (χ4n) is 5.91. The van der Waals surface area contributed by atoms with Crippen molar-refractivity contribution in [3.05, 3.63) is 82.4 Å². The second kappa shape index (κ2) is 11.9. The number of aromatic nitrogens is 4. The highest BCUT2D eigenvalue weighted by Gasteiger charge is 2.30. The largest absolute Gasteiger partial charge is 0.508 e. The zero-order valence-electron chi connectivity index (χ0n) is 23.2. The quantitative estimate of drug-likeness (QED) is 0.257. The van der Waals surface area contributed by atoms with Crippen LogP contribution >= 0.6 is 24.8 Å². The van der Waals surface area contributed by atoms with Crippen molar-refractivity contribution in [3.8, 4) is 17.0 Å². The number of hydrogen-bond acceptors (Lipinski definition) is 9. The maximum absolute atomic E-state index is 14.3. The number of halogens is 3. The predicted molar refractivity (Wildman–Crippen MR) is 168 cm³/mol. The van der Waals surface area contributed by atoms with E-state index < -0.39 is 17.5 Å². The average molecular weight is 627 g/mol. The van der Waals surface area contributed by atoms with Crippen LogP contribution < -0.4 is 16.7 Å². The van der Waals surface area contributed by atoms with E-state index in [1.165, 1.54) is 18.5 Å². The van der Waals surface area contributed by atoms with Gasteiger partial charge in [0, 0.05) is 49.4 Å². The molecule has 1 saturated heterocycles. The summed E-state index contributed by atoms with van der Waals surface area (Å²) in [5.41, 5.74) is 8.83. The molecule has 1 atom stereocenters. The minimum atomic E-state index is -0.620. The summed E-state index contributed by atoms with van der Waals surface area (Å²) in [5.74, 6) is -0.253. The number of nitrogen functional groups attached to an aromatic ring is 1. The number of anilines is 1. The van der Waals surface area contributed by atoms with E-state index in [0.29, 0.717) is 39.5 Å². The van der Waals surface area contributed by atoms with Crippen molar-refractivity contribution in [1.82, 2.24) is 30.0 Å². The van der Waals surface area contributed by atoms with Crippen molar-refractivity contribution in [2.45, 2.75) is 25.4 Å². The summed E-state index contributed by atoms with van der Waals surface area (Å²) in [7, 11) is 0. The van der Waals surface area contributed by atoms with Crippen LogP contribution in [0.25, 0.3) is 38.6 Å². The molecule has 0 spiro atoms. The molecule has 0 radical (unpaired) electrons. The molecule has 5 heterocycles. The smallest absolute Gasteiger partial charge is 0.343 e. The number of hydrogen-bond donors (Lipinski definition) is 3. The van der Waals surface area contributed by atoms with Crippen molar-refractivity contribution >= 4 is 58.0 Å². The molecule has 224 valence electrons. The third-order valence-electron chi connectivity index (χ3n) is 8.12. The molecule has 10 nitrogen and oxygen atoms in total. The highest BCUT2D eigenvalue weighted by Crippen LogP contribution is 2.38. The Labute approximate surface area is 258 Å². The van der Waals surface area contributed by atoms with Crippen LogP contribution in [-0.2, 0) is 0 Å². The highest BCUT2D eigenvalue weighted by molar-refractivity contribution is 5.99. The number of rotatable bonds is 5. The van der Waals surface area contributed by atoms with Crippen molar-refractivity contribution in [2.24, 2.45) is 0 Å². The molecule has 43 heavy (non-hydrogen) atoms. The van der Waals surface area contributed by atoms with Gasteiger partial charge in [0.05, 0.1) is 10.8 Å². The Kier molecular flexibility index (Phi) is 8.44. The van der Waals surface area contributed by atoms with E-state index >= 15 is 0 Å². The molecule has 0 aliphatic carbocycles. The van der Waals surface area contributed by atoms with E-state index in [0.717, 1.165) is 55.2 Å². The van der Waals surface area contributed by atoms with Crippen LogP contribution in [0.1, 0.15) is 30.7 Å². The molecule has 7 rings (SSSR count). The Hall–Kier alpha value is -4.03. The van der Waals surface area contributed by atoms with E-state index in [1.807, 2.05) is 25.1 Å². The standard InChI is InChI=1S/C30H28FN7O3.2ClH/c1-16(38-29-25(28(32)34-15-35-29)26(36-38)18-10-19(31)12-21(39)11-18)27-24(22-4-2-3-5-23(22)30(40)41-27)17-6-8-37(9-7-17)20-13-33-14-20;;/h2-6,10-12,15-16,20,33,39H,7-9,13-14H2,1H3,(H2,32,34,35);2*1H. The number of nitrogens with one attached hydrogen (secondary N) is 1. The van der Waals surface area contributed by atoms with Gasteiger partial charge in [0.1, 0.15) is 41.2 Å². The molecule has 2 aliphatic rings. The zero-order valence-corrected chi connectivity index (χ0v) is 24.8. The average Bonchev–Trinajstić information content (AvgIpc) is 3.33. The van der Waals surface area contributed by atoms with Crippen molar-refractivity contribution in [3.63, 3.8) is 0 Å². The molecule has 13 heteroatoms. The summed E-state index contributed by atoms with van der Waals surface area (Å²) < 4.78 is 22.0. The summed E-state index contributed by atoms with van der Waals surface area (Å²) in [5, 5.41) is 19.9.